The molecule has 96 valence electrons. The summed E-state index contributed by atoms with van der Waals surface area (Å²) in [6.07, 6.45) is -1.59. The van der Waals surface area contributed by atoms with Crippen LogP contribution < -0.4 is 0 Å². The van der Waals surface area contributed by atoms with E-state index >= 15 is 0 Å². The van der Waals surface area contributed by atoms with Crippen LogP contribution in [-0.2, 0) is 4.74 Å². The van der Waals surface area contributed by atoms with Gasteiger partial charge in [-0.05, 0) is 6.42 Å². The molecule has 0 amide bonds. The third-order valence-corrected chi connectivity index (χ3v) is 2.95. The lowest BCUT2D eigenvalue weighted by Crippen LogP contribution is -2.50. The van der Waals surface area contributed by atoms with E-state index in [0.717, 1.165) is 0 Å². The molecule has 1 rings (SSSR count). The molecule has 0 bridgehead atoms. The third-order valence-electron chi connectivity index (χ3n) is 2.95. The van der Waals surface area contributed by atoms with E-state index in [2.05, 4.69) is 0 Å². The first kappa shape index (κ1) is 13.8. The van der Waals surface area contributed by atoms with Crippen LogP contribution in [0.4, 0.5) is 0 Å². The lowest BCUT2D eigenvalue weighted by Gasteiger charge is -2.37. The first-order valence-electron chi connectivity index (χ1n) is 5.60. The van der Waals surface area contributed by atoms with Gasteiger partial charge in [-0.2, -0.15) is 0 Å². The van der Waals surface area contributed by atoms with Crippen LogP contribution in [0.2, 0.25) is 0 Å². The molecule has 1 aliphatic heterocycles. The van der Waals surface area contributed by atoms with E-state index in [9.17, 15) is 10.2 Å². The normalized spacial score (nSPS) is 24.0. The number of hydrogen-bond acceptors (Lipinski definition) is 6. The molecule has 3 atom stereocenters. The summed E-state index contributed by atoms with van der Waals surface area (Å²) in [5.74, 6) is -0.534. The van der Waals surface area contributed by atoms with Crippen molar-refractivity contribution >= 4 is 0 Å². The summed E-state index contributed by atoms with van der Waals surface area (Å²) >= 11 is 0. The largest absolute Gasteiger partial charge is 0.396 e. The molecule has 1 heterocycles. The molecule has 0 aromatic heterocycles. The number of nitrogens with zero attached hydrogens (tertiary/aromatic N) is 1. The minimum absolute atomic E-state index is 0.122. The minimum atomic E-state index is -1.01. The summed E-state index contributed by atoms with van der Waals surface area (Å²) in [6.45, 7) is 1.77. The fourth-order valence-electron chi connectivity index (χ4n) is 1.94. The molecule has 16 heavy (non-hydrogen) atoms. The van der Waals surface area contributed by atoms with Crippen LogP contribution in [-0.4, -0.2) is 77.2 Å². The maximum absolute atomic E-state index is 10.1. The average Bonchev–Trinajstić information content (AvgIpc) is 2.35. The topological polar surface area (TPSA) is 93.4 Å². The second-order valence-electron chi connectivity index (χ2n) is 3.99. The Morgan fingerprint density at radius 2 is 1.75 bits per heavy atom. The summed E-state index contributed by atoms with van der Waals surface area (Å²) in [5, 5.41) is 37.4. The summed E-state index contributed by atoms with van der Waals surface area (Å²) < 4.78 is 5.16. The van der Waals surface area contributed by atoms with Gasteiger partial charge in [0, 0.05) is 25.6 Å². The van der Waals surface area contributed by atoms with Crippen molar-refractivity contribution in [2.24, 2.45) is 5.92 Å². The zero-order valence-corrected chi connectivity index (χ0v) is 9.33. The highest BCUT2D eigenvalue weighted by Gasteiger charge is 2.31. The van der Waals surface area contributed by atoms with Crippen LogP contribution in [0.3, 0.4) is 0 Å². The van der Waals surface area contributed by atoms with Gasteiger partial charge in [0.05, 0.1) is 25.9 Å². The smallest absolute Gasteiger partial charge is 0.113 e. The Kier molecular flexibility index (Phi) is 6.18. The predicted molar refractivity (Wildman–Crippen MR) is 56.7 cm³/mol. The first-order valence-corrected chi connectivity index (χ1v) is 5.60. The van der Waals surface area contributed by atoms with Gasteiger partial charge >= 0.3 is 0 Å². The highest BCUT2D eigenvalue weighted by atomic mass is 16.5. The monoisotopic (exact) mass is 235 g/mol. The Morgan fingerprint density at radius 3 is 2.25 bits per heavy atom. The summed E-state index contributed by atoms with van der Waals surface area (Å²) in [4.78, 5) is 1.79. The number of hydrogen-bond donors (Lipinski definition) is 4. The molecule has 1 fully saturated rings. The number of aliphatic hydroxyl groups is 4. The SMILES string of the molecule is OCC[C@H](C(O)N1CCOCC1)[C@@H](O)CO. The van der Waals surface area contributed by atoms with Crippen molar-refractivity contribution in [2.75, 3.05) is 39.5 Å². The van der Waals surface area contributed by atoms with Crippen molar-refractivity contribution in [1.82, 2.24) is 4.90 Å². The number of rotatable bonds is 6. The molecule has 6 nitrogen and oxygen atoms in total. The fourth-order valence-corrected chi connectivity index (χ4v) is 1.94. The van der Waals surface area contributed by atoms with E-state index in [1.165, 1.54) is 0 Å². The highest BCUT2D eigenvalue weighted by molar-refractivity contribution is 4.78. The lowest BCUT2D eigenvalue weighted by atomic mass is 9.96. The second-order valence-corrected chi connectivity index (χ2v) is 3.99. The van der Waals surface area contributed by atoms with Gasteiger partial charge in [-0.3, -0.25) is 4.90 Å². The molecule has 0 aromatic rings. The third kappa shape index (κ3) is 3.65. The molecule has 0 radical (unpaired) electrons. The highest BCUT2D eigenvalue weighted by Crippen LogP contribution is 2.18. The van der Waals surface area contributed by atoms with Gasteiger partial charge in [-0.25, -0.2) is 0 Å². The van der Waals surface area contributed by atoms with E-state index in [-0.39, 0.29) is 13.0 Å². The molecule has 0 aliphatic carbocycles. The van der Waals surface area contributed by atoms with Crippen molar-refractivity contribution in [3.8, 4) is 0 Å². The quantitative estimate of drug-likeness (QED) is 0.425. The molecule has 6 heteroatoms. The van der Waals surface area contributed by atoms with Gasteiger partial charge in [0.15, 0.2) is 0 Å². The van der Waals surface area contributed by atoms with Crippen molar-refractivity contribution < 1.29 is 25.2 Å². The van der Waals surface area contributed by atoms with E-state index < -0.39 is 24.9 Å². The van der Waals surface area contributed by atoms with E-state index in [1.54, 1.807) is 4.90 Å². The molecule has 0 spiro atoms. The van der Waals surface area contributed by atoms with Crippen LogP contribution in [0.1, 0.15) is 6.42 Å². The van der Waals surface area contributed by atoms with Crippen molar-refractivity contribution in [3.63, 3.8) is 0 Å². The molecule has 1 aliphatic rings. The summed E-state index contributed by atoms with van der Waals surface area (Å²) in [5.41, 5.74) is 0. The number of aliphatic hydroxyl groups excluding tert-OH is 4. The van der Waals surface area contributed by atoms with Gasteiger partial charge in [0.1, 0.15) is 6.23 Å². The first-order chi connectivity index (χ1) is 7.70. The fraction of sp³-hybridized carbons (Fsp3) is 1.00. The van der Waals surface area contributed by atoms with Gasteiger partial charge in [-0.15, -0.1) is 0 Å². The van der Waals surface area contributed by atoms with Crippen molar-refractivity contribution in [1.29, 1.82) is 0 Å². The molecular formula is C10H21NO5. The van der Waals surface area contributed by atoms with Crippen molar-refractivity contribution in [2.45, 2.75) is 18.8 Å². The van der Waals surface area contributed by atoms with Crippen LogP contribution in [0, 0.1) is 5.92 Å². The Labute approximate surface area is 95.1 Å². The number of ether oxygens (including phenoxy) is 1. The Balaban J connectivity index is 2.53. The Morgan fingerprint density at radius 1 is 1.12 bits per heavy atom. The lowest BCUT2D eigenvalue weighted by molar-refractivity contribution is -0.122. The maximum atomic E-state index is 10.1. The molecule has 0 saturated carbocycles. The molecule has 4 N–H and O–H groups in total. The van der Waals surface area contributed by atoms with E-state index in [0.29, 0.717) is 26.3 Å². The van der Waals surface area contributed by atoms with Gasteiger partial charge < -0.3 is 25.2 Å². The van der Waals surface area contributed by atoms with Crippen LogP contribution >= 0.6 is 0 Å². The van der Waals surface area contributed by atoms with E-state index in [4.69, 9.17) is 14.9 Å². The van der Waals surface area contributed by atoms with Gasteiger partial charge in [0.2, 0.25) is 0 Å². The average molecular weight is 235 g/mol. The summed E-state index contributed by atoms with van der Waals surface area (Å²) in [7, 11) is 0. The zero-order valence-electron chi connectivity index (χ0n) is 9.33. The Bertz CT molecular complexity index is 186. The van der Waals surface area contributed by atoms with E-state index in [1.807, 2.05) is 0 Å². The summed E-state index contributed by atoms with van der Waals surface area (Å²) in [6, 6.07) is 0. The second kappa shape index (κ2) is 7.16. The molecule has 0 aromatic carbocycles. The predicted octanol–water partition coefficient (Wildman–Crippen LogP) is -2.01. The van der Waals surface area contributed by atoms with Crippen LogP contribution in [0.25, 0.3) is 0 Å². The van der Waals surface area contributed by atoms with Gasteiger partial charge in [-0.1, -0.05) is 0 Å². The Hall–Kier alpha value is -0.240. The van der Waals surface area contributed by atoms with Crippen LogP contribution in [0.15, 0.2) is 0 Å². The molecule has 1 saturated heterocycles. The minimum Gasteiger partial charge on any atom is -0.396 e. The zero-order chi connectivity index (χ0) is 12.0. The van der Waals surface area contributed by atoms with Gasteiger partial charge in [0.25, 0.3) is 0 Å². The van der Waals surface area contributed by atoms with Crippen LogP contribution in [0.5, 0.6) is 0 Å². The standard InChI is InChI=1S/C10H21NO5/c12-4-1-8(9(14)7-13)10(15)11-2-5-16-6-3-11/h8-10,12-15H,1-7H2/t8-,9-,10?/m0/s1. The molecular weight excluding hydrogens is 214 g/mol. The number of morpholine rings is 1. The maximum Gasteiger partial charge on any atom is 0.113 e. The van der Waals surface area contributed by atoms with Crippen molar-refractivity contribution in [3.05, 3.63) is 0 Å². The molecule has 1 unspecified atom stereocenters.